The maximum atomic E-state index is 13.0. The fraction of sp³-hybridized carbons (Fsp3) is 0.250. The lowest BCUT2D eigenvalue weighted by Gasteiger charge is -2.29. The number of nitrogens with zero attached hydrogens (tertiary/aromatic N) is 1. The van der Waals surface area contributed by atoms with Gasteiger partial charge in [0.25, 0.3) is 11.7 Å². The third kappa shape index (κ3) is 2.85. The fourth-order valence-corrected chi connectivity index (χ4v) is 4.63. The van der Waals surface area contributed by atoms with Crippen LogP contribution >= 0.6 is 0 Å². The number of aliphatic hydroxyl groups is 1. The fourth-order valence-electron chi connectivity index (χ4n) is 4.63. The number of furan rings is 1. The molecule has 1 amide bonds. The van der Waals surface area contributed by atoms with E-state index in [1.807, 2.05) is 36.4 Å². The lowest BCUT2D eigenvalue weighted by atomic mass is 9.97. The highest BCUT2D eigenvalue weighted by atomic mass is 16.3. The minimum absolute atomic E-state index is 0.0107. The summed E-state index contributed by atoms with van der Waals surface area (Å²) in [5, 5.41) is 13.1. The van der Waals surface area contributed by atoms with Crippen molar-refractivity contribution in [1.82, 2.24) is 4.90 Å². The maximum Gasteiger partial charge on any atom is 0.296 e. The summed E-state index contributed by atoms with van der Waals surface area (Å²) in [6.07, 6.45) is 5.31. The summed E-state index contributed by atoms with van der Waals surface area (Å²) in [5.41, 5.74) is 0.622. The van der Waals surface area contributed by atoms with E-state index in [1.165, 1.54) is 6.26 Å². The zero-order valence-corrected chi connectivity index (χ0v) is 15.9. The van der Waals surface area contributed by atoms with Crippen LogP contribution in [-0.4, -0.2) is 27.7 Å². The third-order valence-corrected chi connectivity index (χ3v) is 6.03. The van der Waals surface area contributed by atoms with Crippen molar-refractivity contribution in [3.8, 4) is 0 Å². The number of carbonyl (C=O) groups is 2. The largest absolute Gasteiger partial charge is 0.507 e. The third-order valence-electron chi connectivity index (χ3n) is 6.03. The van der Waals surface area contributed by atoms with Crippen LogP contribution in [0.5, 0.6) is 0 Å². The van der Waals surface area contributed by atoms with Crippen LogP contribution < -0.4 is 0 Å². The van der Waals surface area contributed by atoms with Crippen molar-refractivity contribution in [2.24, 2.45) is 0 Å². The Hall–Kier alpha value is -3.34. The van der Waals surface area contributed by atoms with Crippen LogP contribution in [0.3, 0.4) is 0 Å². The van der Waals surface area contributed by atoms with Crippen LogP contribution in [0, 0.1) is 0 Å². The van der Waals surface area contributed by atoms with E-state index < -0.39 is 17.7 Å². The van der Waals surface area contributed by atoms with Crippen LogP contribution in [0.2, 0.25) is 0 Å². The molecule has 0 radical (unpaired) electrons. The number of likely N-dealkylation sites (tertiary alicyclic amines) is 1. The molecule has 1 aromatic heterocycles. The van der Waals surface area contributed by atoms with E-state index in [0.717, 1.165) is 36.5 Å². The van der Waals surface area contributed by atoms with Crippen LogP contribution in [0.4, 0.5) is 0 Å². The minimum Gasteiger partial charge on any atom is -0.507 e. The van der Waals surface area contributed by atoms with Crippen LogP contribution in [0.25, 0.3) is 16.5 Å². The Labute approximate surface area is 168 Å². The average Bonchev–Trinajstić information content (AvgIpc) is 3.49. The van der Waals surface area contributed by atoms with Crippen molar-refractivity contribution in [3.63, 3.8) is 0 Å². The predicted octanol–water partition coefficient (Wildman–Crippen LogP) is 4.80. The molecule has 0 spiro atoms. The number of fused-ring (bicyclic) bond motifs is 1. The summed E-state index contributed by atoms with van der Waals surface area (Å²) in [6, 6.07) is 16.1. The van der Waals surface area contributed by atoms with E-state index in [9.17, 15) is 14.7 Å². The lowest BCUT2D eigenvalue weighted by molar-refractivity contribution is -0.141. The number of hydrogen-bond donors (Lipinski definition) is 1. The number of carbonyl (C=O) groups excluding carboxylic acids is 2. The molecule has 5 heteroatoms. The number of Topliss-reactive ketones (excluding diaryl/α,β-unsaturated/α-hetero) is 1. The molecule has 2 fully saturated rings. The van der Waals surface area contributed by atoms with E-state index in [-0.39, 0.29) is 17.4 Å². The van der Waals surface area contributed by atoms with Gasteiger partial charge in [0.2, 0.25) is 0 Å². The van der Waals surface area contributed by atoms with Gasteiger partial charge < -0.3 is 14.4 Å². The molecular weight excluding hydrogens is 366 g/mol. The molecule has 2 heterocycles. The minimum atomic E-state index is -0.695. The molecule has 29 heavy (non-hydrogen) atoms. The van der Waals surface area contributed by atoms with Gasteiger partial charge in [-0.1, -0.05) is 49.2 Å². The normalized spacial score (nSPS) is 22.1. The standard InChI is InChI=1S/C24H21NO4/c26-22(17-12-11-15-6-1-2-7-16(15)14-17)20-21(19-10-5-13-29-19)25(24(28)23(20)27)18-8-3-4-9-18/h1-2,5-7,10-14,18,21,26H,3-4,8-9H2/b22-20-. The highest BCUT2D eigenvalue weighted by Gasteiger charge is 2.50. The number of ketones is 1. The van der Waals surface area contributed by atoms with Crippen LogP contribution in [-0.2, 0) is 9.59 Å². The van der Waals surface area contributed by atoms with Crippen molar-refractivity contribution >= 4 is 28.2 Å². The second kappa shape index (κ2) is 6.92. The lowest BCUT2D eigenvalue weighted by Crippen LogP contribution is -2.37. The monoisotopic (exact) mass is 387 g/mol. The summed E-state index contributed by atoms with van der Waals surface area (Å²) in [6.45, 7) is 0. The van der Waals surface area contributed by atoms with E-state index >= 15 is 0 Å². The summed E-state index contributed by atoms with van der Waals surface area (Å²) >= 11 is 0. The first kappa shape index (κ1) is 17.7. The Morgan fingerprint density at radius 2 is 1.72 bits per heavy atom. The van der Waals surface area contributed by atoms with Crippen molar-refractivity contribution in [2.45, 2.75) is 37.8 Å². The topological polar surface area (TPSA) is 70.8 Å². The molecule has 5 nitrogen and oxygen atoms in total. The molecule has 3 aromatic rings. The van der Waals surface area contributed by atoms with E-state index in [1.54, 1.807) is 23.1 Å². The SMILES string of the molecule is O=C1C(=O)N(C2CCCC2)C(c2ccco2)/C1=C(/O)c1ccc2ccccc2c1. The Bertz CT molecular complexity index is 1120. The maximum absolute atomic E-state index is 13.0. The molecule has 1 saturated heterocycles. The van der Waals surface area contributed by atoms with Crippen molar-refractivity contribution in [2.75, 3.05) is 0 Å². The highest BCUT2D eigenvalue weighted by Crippen LogP contribution is 2.43. The Morgan fingerprint density at radius 1 is 0.966 bits per heavy atom. The van der Waals surface area contributed by atoms with E-state index in [4.69, 9.17) is 4.42 Å². The molecule has 1 atom stereocenters. The van der Waals surface area contributed by atoms with Crippen LogP contribution in [0.1, 0.15) is 43.0 Å². The summed E-state index contributed by atoms with van der Waals surface area (Å²) in [7, 11) is 0. The van der Waals surface area contributed by atoms with Gasteiger partial charge in [-0.05, 0) is 41.8 Å². The molecule has 2 aromatic carbocycles. The smallest absolute Gasteiger partial charge is 0.296 e. The average molecular weight is 387 g/mol. The van der Waals surface area contributed by atoms with Crippen molar-refractivity contribution in [1.29, 1.82) is 0 Å². The van der Waals surface area contributed by atoms with Gasteiger partial charge in [-0.25, -0.2) is 0 Å². The summed E-state index contributed by atoms with van der Waals surface area (Å²) < 4.78 is 5.60. The zero-order valence-electron chi connectivity index (χ0n) is 15.9. The predicted molar refractivity (Wildman–Crippen MR) is 109 cm³/mol. The first-order valence-corrected chi connectivity index (χ1v) is 9.98. The van der Waals surface area contributed by atoms with Gasteiger partial charge in [-0.15, -0.1) is 0 Å². The Kier molecular flexibility index (Phi) is 4.23. The molecule has 146 valence electrons. The van der Waals surface area contributed by atoms with Gasteiger partial charge in [0.1, 0.15) is 17.6 Å². The van der Waals surface area contributed by atoms with E-state index in [2.05, 4.69) is 0 Å². The molecule has 1 N–H and O–H groups in total. The molecule has 5 rings (SSSR count). The van der Waals surface area contributed by atoms with Crippen LogP contribution in [0.15, 0.2) is 70.9 Å². The van der Waals surface area contributed by atoms with Crippen molar-refractivity contribution < 1.29 is 19.1 Å². The molecule has 1 aliphatic carbocycles. The second-order valence-electron chi connectivity index (χ2n) is 7.72. The number of benzene rings is 2. The number of rotatable bonds is 3. The zero-order chi connectivity index (χ0) is 20.0. The molecule has 1 saturated carbocycles. The number of amides is 1. The Balaban J connectivity index is 1.67. The number of aliphatic hydroxyl groups excluding tert-OH is 1. The molecule has 0 bridgehead atoms. The molecule has 1 aliphatic heterocycles. The molecular formula is C24H21NO4. The second-order valence-corrected chi connectivity index (χ2v) is 7.72. The van der Waals surface area contributed by atoms with Gasteiger partial charge >= 0.3 is 0 Å². The van der Waals surface area contributed by atoms with Gasteiger partial charge in [0.15, 0.2) is 0 Å². The quantitative estimate of drug-likeness (QED) is 0.398. The van der Waals surface area contributed by atoms with Gasteiger partial charge in [0, 0.05) is 11.6 Å². The highest BCUT2D eigenvalue weighted by molar-refractivity contribution is 6.46. The van der Waals surface area contributed by atoms with Gasteiger partial charge in [0.05, 0.1) is 11.8 Å². The van der Waals surface area contributed by atoms with Crippen molar-refractivity contribution in [3.05, 3.63) is 77.8 Å². The Morgan fingerprint density at radius 3 is 2.45 bits per heavy atom. The summed E-state index contributed by atoms with van der Waals surface area (Å²) in [4.78, 5) is 27.6. The molecule has 1 unspecified atom stereocenters. The van der Waals surface area contributed by atoms with Gasteiger partial charge in [-0.3, -0.25) is 9.59 Å². The first-order valence-electron chi connectivity index (χ1n) is 9.98. The first-order chi connectivity index (χ1) is 14.1. The number of hydrogen-bond acceptors (Lipinski definition) is 4. The van der Waals surface area contributed by atoms with Gasteiger partial charge in [-0.2, -0.15) is 0 Å². The summed E-state index contributed by atoms with van der Waals surface area (Å²) in [5.74, 6) is -0.862. The molecule has 2 aliphatic rings. The van der Waals surface area contributed by atoms with E-state index in [0.29, 0.717) is 11.3 Å².